The number of benzene rings is 2. The average Bonchev–Trinajstić information content (AvgIpc) is 1.19. The molecule has 1 saturated carbocycles. The standard InChI is InChI=1S/C98H143N9O25/c1-63-18-12-11-13-19-64(2)82(118-8)58-76-28-23-69(7)98(117,132-76)92(114)95(115)106-34-15-14-21-78(106)96(116)130-83(59-79(109)65(3)53-68(6)90(113)91(120-10)89(112)67(5)52-63)66(4)54-70-25-29-81(84(56-70)119-9)129-86(111)22-17-37-122-41-45-126-48-50-127-46-42-123-38-32-75(108)20-16-36-121-40-44-125-49-51-128-47-43-124-39-33-85(110)105-35-31-72-55-71(24-26-74(72)61-105)60-107-94-87(93(99)101-62-102-94)88(104-107)73-27-30-80-77(57-73)103-97(100)131-80/h11-13,18-19,24,26-27,30,53,55,57,62-63,65-67,69-70,76,78-79,81-84,90-91,109,113,117H,14-17,20-23,25,28-29,31-52,54,56,58-61H2,1-10H3,(H2,100,103)(H2,99,101,102)/b13-11+,18-12+,64-19+,68-53+/t63-,65-,66-,67-,69-,70+,76+,78+,79-,81-,82+,83+,84-,90-,91+,98-/m1/s1. The number of methoxy groups -OCH3 is 3. The molecule has 10 rings (SSSR count). The van der Waals surface area contributed by atoms with Crippen LogP contribution >= 0.6 is 0 Å². The second kappa shape index (κ2) is 54.2. The van der Waals surface area contributed by atoms with Gasteiger partial charge in [-0.05, 0) is 161 Å². The van der Waals surface area contributed by atoms with Crippen molar-refractivity contribution in [3.63, 3.8) is 0 Å². The molecule has 3 fully saturated rings. The normalized spacial score (nSPS) is 27.0. The van der Waals surface area contributed by atoms with E-state index in [-0.39, 0.29) is 79.4 Å². The summed E-state index contributed by atoms with van der Waals surface area (Å²) >= 11 is 0. The van der Waals surface area contributed by atoms with Gasteiger partial charge in [-0.1, -0.05) is 89.3 Å². The van der Waals surface area contributed by atoms with Crippen molar-refractivity contribution in [2.24, 2.45) is 35.5 Å². The number of nitrogens with two attached hydrogens (primary N) is 2. The van der Waals surface area contributed by atoms with Gasteiger partial charge >= 0.3 is 11.9 Å². The van der Waals surface area contributed by atoms with Gasteiger partial charge in [0.2, 0.25) is 11.7 Å². The molecule has 0 spiro atoms. The maximum atomic E-state index is 14.8. The third-order valence-corrected chi connectivity index (χ3v) is 25.8. The molecule has 34 nitrogen and oxygen atoms in total. The fourth-order valence-corrected chi connectivity index (χ4v) is 18.0. The number of hydrogen-bond acceptors (Lipinski definition) is 31. The highest BCUT2D eigenvalue weighted by atomic mass is 16.6. The second-order valence-corrected chi connectivity index (χ2v) is 35.8. The summed E-state index contributed by atoms with van der Waals surface area (Å²) in [5, 5.41) is 41.5. The van der Waals surface area contributed by atoms with Crippen LogP contribution in [0.15, 0.2) is 94.7 Å². The number of rotatable bonds is 42. The highest BCUT2D eigenvalue weighted by Crippen LogP contribution is 2.40. The van der Waals surface area contributed by atoms with Gasteiger partial charge in [-0.15, -0.1) is 0 Å². The Labute approximate surface area is 775 Å². The maximum absolute atomic E-state index is 14.8. The molecule has 0 unspecified atom stereocenters. The van der Waals surface area contributed by atoms with Crippen LogP contribution in [0.3, 0.4) is 0 Å². The van der Waals surface area contributed by atoms with Crippen LogP contribution in [0.5, 0.6) is 0 Å². The number of oxazole rings is 1. The third-order valence-electron chi connectivity index (χ3n) is 25.8. The zero-order valence-electron chi connectivity index (χ0n) is 78.9. The third kappa shape index (κ3) is 31.4. The van der Waals surface area contributed by atoms with Gasteiger partial charge in [-0.25, -0.2) is 19.4 Å². The first-order valence-electron chi connectivity index (χ1n) is 47.2. The van der Waals surface area contributed by atoms with Crippen LogP contribution in [0, 0.1) is 35.5 Å². The Morgan fingerprint density at radius 3 is 2.02 bits per heavy atom. The zero-order valence-corrected chi connectivity index (χ0v) is 78.9. The lowest BCUT2D eigenvalue weighted by Crippen LogP contribution is -2.61. The number of ether oxygens (including phenoxy) is 14. The molecule has 1 aliphatic carbocycles. The lowest BCUT2D eigenvalue weighted by molar-refractivity contribution is -0.265. The Bertz CT molecular complexity index is 4630. The van der Waals surface area contributed by atoms with Crippen molar-refractivity contribution in [2.45, 2.75) is 244 Å². The molecule has 5 aliphatic rings. The Morgan fingerprint density at radius 2 is 1.34 bits per heavy atom. The number of aromatic nitrogens is 5. The van der Waals surface area contributed by atoms with E-state index >= 15 is 0 Å². The van der Waals surface area contributed by atoms with E-state index in [2.05, 4.69) is 33.2 Å². The first-order valence-corrected chi connectivity index (χ1v) is 47.2. The SMILES string of the molecule is CO[C@H]1C[C@@H]2CC[C@@H](C)[C@@](O)(O2)C(=O)C(=O)N2CCCC[C@H]2C(=O)O[C@H]([C@H](C)C[C@@H]2CC[C@@H](OC(=O)CCCOCCOCCOCCOCCC(=O)CCCOCCOCCOCCOCCC(=O)N3CCc4cc(Cn5nc(-c6ccc7oc(N)nc7c6)c6c(N)ncnc65)ccc4C3)[C@H](OC)C2)C[C@@H](O)[C@H](C)/C=C(\C)[C@@H](O)[C@@H](OC)C(=O)[C@H](C)C[C@H](C)/C=C/C=C/C=C/1C. The summed E-state index contributed by atoms with van der Waals surface area (Å²) in [5.41, 5.74) is 20.0. The van der Waals surface area contributed by atoms with Gasteiger partial charge in [0.15, 0.2) is 17.0 Å². The van der Waals surface area contributed by atoms with E-state index in [4.69, 9.17) is 87.3 Å². The van der Waals surface area contributed by atoms with E-state index in [1.54, 1.807) is 47.1 Å². The molecule has 2 saturated heterocycles. The summed E-state index contributed by atoms with van der Waals surface area (Å²) in [6, 6.07) is 10.7. The van der Waals surface area contributed by atoms with Crippen LogP contribution in [-0.2, 0) is 119 Å². The first kappa shape index (κ1) is 105. The molecule has 132 heavy (non-hydrogen) atoms. The van der Waals surface area contributed by atoms with Crippen LogP contribution in [0.4, 0.5) is 11.8 Å². The van der Waals surface area contributed by atoms with Crippen molar-refractivity contribution in [3.8, 4) is 11.3 Å². The number of nitrogen functional groups attached to an aromatic ring is 2. The summed E-state index contributed by atoms with van der Waals surface area (Å²) in [7, 11) is 4.54. The average molecular weight is 1850 g/mol. The molecule has 3 aromatic heterocycles. The summed E-state index contributed by atoms with van der Waals surface area (Å²) < 4.78 is 88.7. The number of nitrogens with zero attached hydrogens (tertiary/aromatic N) is 7. The summed E-state index contributed by atoms with van der Waals surface area (Å²) in [4.78, 5) is 113. The quantitative estimate of drug-likeness (QED) is 0.0105. The molecular weight excluding hydrogens is 1700 g/mol. The number of aliphatic hydroxyl groups is 3. The molecule has 730 valence electrons. The van der Waals surface area contributed by atoms with E-state index in [1.165, 1.54) is 23.9 Å². The molecule has 4 aliphatic heterocycles. The number of amides is 2. The number of allylic oxidation sites excluding steroid dienone is 5. The first-order chi connectivity index (χ1) is 63.7. The number of hydrogen-bond donors (Lipinski definition) is 5. The van der Waals surface area contributed by atoms with E-state index in [1.807, 2.05) is 79.8 Å². The van der Waals surface area contributed by atoms with Gasteiger partial charge in [0.25, 0.3) is 17.7 Å². The van der Waals surface area contributed by atoms with Gasteiger partial charge in [0.05, 0.1) is 135 Å². The number of Topliss-reactive ketones (excluding diaryl/α,β-unsaturated/α-hetero) is 3. The number of anilines is 2. The Kier molecular flexibility index (Phi) is 43.2. The van der Waals surface area contributed by atoms with Crippen molar-refractivity contribution >= 4 is 75.1 Å². The minimum atomic E-state index is -2.47. The maximum Gasteiger partial charge on any atom is 0.329 e. The predicted octanol–water partition coefficient (Wildman–Crippen LogP) is 10.3. The molecule has 5 aromatic rings. The van der Waals surface area contributed by atoms with Crippen LogP contribution < -0.4 is 11.5 Å². The van der Waals surface area contributed by atoms with E-state index in [0.717, 1.165) is 28.7 Å². The number of carbonyl (C=O) groups is 7. The number of fused-ring (bicyclic) bond motifs is 6. The lowest BCUT2D eigenvalue weighted by Gasteiger charge is -2.43. The van der Waals surface area contributed by atoms with Crippen molar-refractivity contribution in [2.75, 3.05) is 152 Å². The number of cyclic esters (lactones) is 1. The molecule has 34 heteroatoms. The number of ketones is 3. The number of carbonyl (C=O) groups excluding carboxylic acids is 7. The van der Waals surface area contributed by atoms with Gasteiger partial charge in [-0.3, -0.25) is 28.8 Å². The van der Waals surface area contributed by atoms with Crippen molar-refractivity contribution in [1.29, 1.82) is 0 Å². The molecule has 0 radical (unpaired) electrons. The van der Waals surface area contributed by atoms with E-state index < -0.39 is 96.1 Å². The number of esters is 2. The summed E-state index contributed by atoms with van der Waals surface area (Å²) in [6.07, 6.45) is 14.0. The fraction of sp³-hybridized carbons (Fsp3) is 0.663. The molecule has 7 heterocycles. The summed E-state index contributed by atoms with van der Waals surface area (Å²) in [6.45, 7) is 20.2. The largest absolute Gasteiger partial charge is 0.460 e. The molecule has 2 aromatic carbocycles. The van der Waals surface area contributed by atoms with Crippen LogP contribution in [0.2, 0.25) is 0 Å². The van der Waals surface area contributed by atoms with Crippen LogP contribution in [0.25, 0.3) is 33.4 Å². The fourth-order valence-electron chi connectivity index (χ4n) is 18.0. The minimum Gasteiger partial charge on any atom is -0.460 e. The lowest BCUT2D eigenvalue weighted by atomic mass is 9.78. The molecule has 16 atom stereocenters. The monoisotopic (exact) mass is 1850 g/mol. The Hall–Kier alpha value is -8.69. The van der Waals surface area contributed by atoms with Gasteiger partial charge in [0.1, 0.15) is 59.6 Å². The topological polar surface area (TPSA) is 438 Å². The minimum absolute atomic E-state index is 0.00781. The van der Waals surface area contributed by atoms with Crippen molar-refractivity contribution in [1.82, 2.24) is 34.5 Å². The predicted molar refractivity (Wildman–Crippen MR) is 491 cm³/mol. The highest BCUT2D eigenvalue weighted by molar-refractivity contribution is 6.39. The van der Waals surface area contributed by atoms with Crippen LogP contribution in [-0.4, -0.2) is 292 Å². The van der Waals surface area contributed by atoms with Gasteiger partial charge in [-0.2, -0.15) is 10.1 Å². The number of piperidine rings is 1. The Morgan fingerprint density at radius 1 is 0.667 bits per heavy atom. The molecule has 2 amide bonds. The van der Waals surface area contributed by atoms with Gasteiger partial charge < -0.3 is 107 Å². The zero-order chi connectivity index (χ0) is 94.6. The van der Waals surface area contributed by atoms with E-state index in [0.29, 0.717) is 254 Å². The smallest absolute Gasteiger partial charge is 0.329 e. The molecule has 7 N–H and O–H groups in total. The van der Waals surface area contributed by atoms with Crippen molar-refractivity contribution in [3.05, 3.63) is 107 Å². The highest BCUT2D eigenvalue weighted by Gasteiger charge is 2.53. The van der Waals surface area contributed by atoms with E-state index in [9.17, 15) is 48.9 Å². The summed E-state index contributed by atoms with van der Waals surface area (Å²) in [5.74, 6) is -7.81. The van der Waals surface area contributed by atoms with Crippen molar-refractivity contribution < 1.29 is 120 Å². The Balaban J connectivity index is 0.536. The molecular formula is C98H143N9O25. The second-order valence-electron chi connectivity index (χ2n) is 35.8. The molecule has 2 bridgehead atoms. The van der Waals surface area contributed by atoms with Crippen LogP contribution in [0.1, 0.15) is 181 Å². The van der Waals surface area contributed by atoms with Gasteiger partial charge in [0, 0.05) is 110 Å². The number of aliphatic hydroxyl groups excluding tert-OH is 2.